The number of thiocarbonyl (C=S) groups is 1. The zero-order valence-electron chi connectivity index (χ0n) is 10.3. The molecular formula is C12H19N2OPS. The van der Waals surface area contributed by atoms with Crippen molar-refractivity contribution in [3.63, 3.8) is 0 Å². The second-order valence-corrected chi connectivity index (χ2v) is 8.40. The minimum Gasteiger partial charge on any atom is -0.362 e. The van der Waals surface area contributed by atoms with Crippen molar-refractivity contribution in [3.8, 4) is 0 Å². The fraction of sp³-hybridized carbons (Fsp3) is 0.417. The number of hydrogen-bond acceptors (Lipinski definition) is 2. The van der Waals surface area contributed by atoms with E-state index < -0.39 is 7.14 Å². The van der Waals surface area contributed by atoms with Gasteiger partial charge in [-0.15, -0.1) is 0 Å². The number of rotatable bonds is 5. The first kappa shape index (κ1) is 14.2. The van der Waals surface area contributed by atoms with E-state index in [4.69, 9.17) is 12.2 Å². The summed E-state index contributed by atoms with van der Waals surface area (Å²) in [6.45, 7) is 4.38. The second kappa shape index (κ2) is 6.77. The molecule has 0 atom stereocenters. The van der Waals surface area contributed by atoms with E-state index in [-0.39, 0.29) is 0 Å². The van der Waals surface area contributed by atoms with Crippen molar-refractivity contribution in [1.29, 1.82) is 0 Å². The van der Waals surface area contributed by atoms with Crippen molar-refractivity contribution in [3.05, 3.63) is 30.3 Å². The molecule has 0 aliphatic rings. The Balaban J connectivity index is 2.20. The summed E-state index contributed by atoms with van der Waals surface area (Å²) in [6, 6.07) is 9.78. The van der Waals surface area contributed by atoms with Gasteiger partial charge in [-0.1, -0.05) is 18.2 Å². The third-order valence-corrected chi connectivity index (χ3v) is 3.83. The van der Waals surface area contributed by atoms with Gasteiger partial charge in [-0.05, 0) is 44.1 Å². The Morgan fingerprint density at radius 1 is 1.29 bits per heavy atom. The Hall–Kier alpha value is -0.860. The van der Waals surface area contributed by atoms with E-state index in [0.717, 1.165) is 24.8 Å². The SMILES string of the molecule is CP(C)(=O)CCCNC(=S)Nc1ccccc1. The lowest BCUT2D eigenvalue weighted by atomic mass is 10.3. The molecule has 2 N–H and O–H groups in total. The zero-order chi connectivity index (χ0) is 12.7. The van der Waals surface area contributed by atoms with Crippen LogP contribution in [-0.4, -0.2) is 31.1 Å². The van der Waals surface area contributed by atoms with E-state index in [2.05, 4.69) is 10.6 Å². The predicted molar refractivity (Wildman–Crippen MR) is 79.6 cm³/mol. The molecule has 0 aliphatic carbocycles. The first-order chi connectivity index (χ1) is 7.97. The van der Waals surface area contributed by atoms with Gasteiger partial charge in [0.2, 0.25) is 0 Å². The van der Waals surface area contributed by atoms with Crippen LogP contribution < -0.4 is 10.6 Å². The number of anilines is 1. The normalized spacial score (nSPS) is 10.9. The van der Waals surface area contributed by atoms with Crippen LogP contribution in [0.2, 0.25) is 0 Å². The van der Waals surface area contributed by atoms with E-state index in [0.29, 0.717) is 5.11 Å². The molecule has 0 saturated carbocycles. The molecule has 0 unspecified atom stereocenters. The Kier molecular flexibility index (Phi) is 5.66. The van der Waals surface area contributed by atoms with Crippen LogP contribution in [0.25, 0.3) is 0 Å². The van der Waals surface area contributed by atoms with Gasteiger partial charge in [0.15, 0.2) is 5.11 Å². The van der Waals surface area contributed by atoms with Crippen molar-refractivity contribution >= 4 is 30.2 Å². The van der Waals surface area contributed by atoms with E-state index >= 15 is 0 Å². The highest BCUT2D eigenvalue weighted by Crippen LogP contribution is 2.35. The Bertz CT molecular complexity index is 402. The third kappa shape index (κ3) is 7.14. The molecule has 94 valence electrons. The average molecular weight is 270 g/mol. The second-order valence-electron chi connectivity index (χ2n) is 4.40. The fourth-order valence-electron chi connectivity index (χ4n) is 1.36. The van der Waals surface area contributed by atoms with Gasteiger partial charge in [-0.3, -0.25) is 0 Å². The van der Waals surface area contributed by atoms with Gasteiger partial charge in [0.1, 0.15) is 0 Å². The maximum absolute atomic E-state index is 11.5. The molecule has 0 saturated heterocycles. The van der Waals surface area contributed by atoms with Gasteiger partial charge in [0, 0.05) is 18.4 Å². The van der Waals surface area contributed by atoms with Crippen molar-refractivity contribution in [2.45, 2.75) is 6.42 Å². The molecule has 0 amide bonds. The largest absolute Gasteiger partial charge is 0.362 e. The fourth-order valence-corrected chi connectivity index (χ4v) is 2.50. The molecule has 0 fully saturated rings. The van der Waals surface area contributed by atoms with Crippen LogP contribution in [0.4, 0.5) is 5.69 Å². The highest BCUT2D eigenvalue weighted by molar-refractivity contribution is 7.80. The van der Waals surface area contributed by atoms with Gasteiger partial charge < -0.3 is 15.2 Å². The van der Waals surface area contributed by atoms with Gasteiger partial charge in [0.25, 0.3) is 0 Å². The van der Waals surface area contributed by atoms with Crippen LogP contribution in [0.15, 0.2) is 30.3 Å². The summed E-state index contributed by atoms with van der Waals surface area (Å²) in [4.78, 5) is 0. The van der Waals surface area contributed by atoms with Crippen LogP contribution in [0.1, 0.15) is 6.42 Å². The van der Waals surface area contributed by atoms with Crippen molar-refractivity contribution in [1.82, 2.24) is 5.32 Å². The molecule has 0 heterocycles. The Morgan fingerprint density at radius 2 is 1.94 bits per heavy atom. The minimum atomic E-state index is -1.90. The molecule has 17 heavy (non-hydrogen) atoms. The van der Waals surface area contributed by atoms with E-state index in [1.54, 1.807) is 0 Å². The van der Waals surface area contributed by atoms with Crippen LogP contribution >= 0.6 is 19.4 Å². The van der Waals surface area contributed by atoms with Gasteiger partial charge in [0.05, 0.1) is 7.14 Å². The summed E-state index contributed by atoms with van der Waals surface area (Å²) in [5.74, 6) is 0. The molecule has 0 spiro atoms. The molecular weight excluding hydrogens is 251 g/mol. The predicted octanol–water partition coefficient (Wildman–Crippen LogP) is 2.99. The van der Waals surface area contributed by atoms with E-state index in [1.165, 1.54) is 0 Å². The van der Waals surface area contributed by atoms with Crippen molar-refractivity contribution < 1.29 is 4.57 Å². The van der Waals surface area contributed by atoms with Gasteiger partial charge >= 0.3 is 0 Å². The van der Waals surface area contributed by atoms with Crippen LogP contribution in [0.5, 0.6) is 0 Å². The standard InChI is InChI=1S/C12H19N2OPS/c1-16(2,15)10-6-9-13-12(17)14-11-7-4-3-5-8-11/h3-5,7-8H,6,9-10H2,1-2H3,(H2,13,14,17). The highest BCUT2D eigenvalue weighted by Gasteiger charge is 2.05. The van der Waals surface area contributed by atoms with Crippen molar-refractivity contribution in [2.75, 3.05) is 31.4 Å². The van der Waals surface area contributed by atoms with E-state index in [1.807, 2.05) is 43.7 Å². The number of para-hydroxylation sites is 1. The lowest BCUT2D eigenvalue weighted by Gasteiger charge is -2.11. The highest BCUT2D eigenvalue weighted by atomic mass is 32.1. The molecule has 0 bridgehead atoms. The summed E-state index contributed by atoms with van der Waals surface area (Å²) in [5.41, 5.74) is 0.974. The van der Waals surface area contributed by atoms with Gasteiger partial charge in [-0.2, -0.15) is 0 Å². The first-order valence-corrected chi connectivity index (χ1v) is 8.81. The monoisotopic (exact) mass is 270 g/mol. The number of benzene rings is 1. The topological polar surface area (TPSA) is 41.1 Å². The molecule has 0 aromatic heterocycles. The van der Waals surface area contributed by atoms with Crippen LogP contribution in [0.3, 0.4) is 0 Å². The molecule has 1 aromatic rings. The number of hydrogen-bond donors (Lipinski definition) is 2. The average Bonchev–Trinajstić information content (AvgIpc) is 2.25. The van der Waals surface area contributed by atoms with Crippen molar-refractivity contribution in [2.24, 2.45) is 0 Å². The Morgan fingerprint density at radius 3 is 2.53 bits per heavy atom. The summed E-state index contributed by atoms with van der Waals surface area (Å²) < 4.78 is 11.5. The maximum atomic E-state index is 11.5. The van der Waals surface area contributed by atoms with Crippen LogP contribution in [0, 0.1) is 0 Å². The lowest BCUT2D eigenvalue weighted by molar-refractivity contribution is 0.580. The molecule has 1 rings (SSSR count). The quantitative estimate of drug-likeness (QED) is 0.490. The lowest BCUT2D eigenvalue weighted by Crippen LogP contribution is -2.29. The molecule has 3 nitrogen and oxygen atoms in total. The zero-order valence-corrected chi connectivity index (χ0v) is 12.0. The summed E-state index contributed by atoms with van der Waals surface area (Å²) in [6.07, 6.45) is 1.63. The summed E-state index contributed by atoms with van der Waals surface area (Å²) in [5, 5.41) is 6.80. The third-order valence-electron chi connectivity index (χ3n) is 2.19. The summed E-state index contributed by atoms with van der Waals surface area (Å²) >= 11 is 5.15. The minimum absolute atomic E-state index is 0.609. The maximum Gasteiger partial charge on any atom is 0.170 e. The first-order valence-electron chi connectivity index (χ1n) is 5.61. The summed E-state index contributed by atoms with van der Waals surface area (Å²) in [7, 11) is -1.90. The van der Waals surface area contributed by atoms with E-state index in [9.17, 15) is 4.57 Å². The van der Waals surface area contributed by atoms with Gasteiger partial charge in [-0.25, -0.2) is 0 Å². The van der Waals surface area contributed by atoms with Crippen LogP contribution in [-0.2, 0) is 4.57 Å². The molecule has 0 aliphatic heterocycles. The molecule has 0 radical (unpaired) electrons. The Labute approximate surface area is 108 Å². The molecule has 1 aromatic carbocycles. The molecule has 5 heteroatoms. The number of nitrogens with one attached hydrogen (secondary N) is 2. The smallest absolute Gasteiger partial charge is 0.170 e.